The normalized spacial score (nSPS) is 29.8. The first-order valence-electron chi connectivity index (χ1n) is 6.91. The molecule has 1 fully saturated rings. The number of ether oxygens (including phenoxy) is 1. The van der Waals surface area contributed by atoms with E-state index in [1.807, 2.05) is 29.2 Å². The van der Waals surface area contributed by atoms with Crippen LogP contribution in [0.3, 0.4) is 0 Å². The number of nitrogens with one attached hydrogen (secondary N) is 1. The smallest absolute Gasteiger partial charge is 0.233 e. The standard InChI is InChI=1S/C15H20N2O2/c1-10-7-17(8-11(2)16-10)15(18)13-9-19-14-6-4-3-5-12(13)14/h3-6,10-11,13,16H,7-9H2,1-2H3. The average Bonchev–Trinajstić information content (AvgIpc) is 2.80. The van der Waals surface area contributed by atoms with Gasteiger partial charge >= 0.3 is 0 Å². The third-order valence-corrected chi connectivity index (χ3v) is 3.87. The van der Waals surface area contributed by atoms with E-state index in [0.717, 1.165) is 24.4 Å². The van der Waals surface area contributed by atoms with Crippen molar-refractivity contribution in [1.82, 2.24) is 10.2 Å². The molecule has 0 aromatic heterocycles. The summed E-state index contributed by atoms with van der Waals surface area (Å²) in [6, 6.07) is 8.55. The Morgan fingerprint density at radius 1 is 1.26 bits per heavy atom. The molecule has 2 heterocycles. The number of hydrogen-bond donors (Lipinski definition) is 1. The molecule has 3 rings (SSSR count). The zero-order valence-corrected chi connectivity index (χ0v) is 11.4. The molecule has 1 amide bonds. The number of nitrogens with zero attached hydrogens (tertiary/aromatic N) is 1. The Balaban J connectivity index is 1.78. The van der Waals surface area contributed by atoms with E-state index in [1.54, 1.807) is 0 Å². The van der Waals surface area contributed by atoms with Gasteiger partial charge in [0.1, 0.15) is 18.3 Å². The van der Waals surface area contributed by atoms with E-state index in [9.17, 15) is 4.79 Å². The molecule has 102 valence electrons. The first-order valence-corrected chi connectivity index (χ1v) is 6.91. The van der Waals surface area contributed by atoms with Crippen LogP contribution in [0.2, 0.25) is 0 Å². The van der Waals surface area contributed by atoms with Crippen molar-refractivity contribution in [3.05, 3.63) is 29.8 Å². The van der Waals surface area contributed by atoms with E-state index in [-0.39, 0.29) is 11.8 Å². The number of carbonyl (C=O) groups excluding carboxylic acids is 1. The van der Waals surface area contributed by atoms with Crippen molar-refractivity contribution in [3.8, 4) is 5.75 Å². The Morgan fingerprint density at radius 2 is 1.95 bits per heavy atom. The lowest BCUT2D eigenvalue weighted by Crippen LogP contribution is -2.56. The van der Waals surface area contributed by atoms with Gasteiger partial charge in [-0.25, -0.2) is 0 Å². The van der Waals surface area contributed by atoms with Gasteiger partial charge in [0.25, 0.3) is 0 Å². The molecular weight excluding hydrogens is 240 g/mol. The summed E-state index contributed by atoms with van der Waals surface area (Å²) in [4.78, 5) is 14.6. The molecule has 1 aromatic rings. The lowest BCUT2D eigenvalue weighted by Gasteiger charge is -2.37. The van der Waals surface area contributed by atoms with Gasteiger partial charge in [0.05, 0.1) is 0 Å². The van der Waals surface area contributed by atoms with Gasteiger partial charge in [0.2, 0.25) is 5.91 Å². The predicted octanol–water partition coefficient (Wildman–Crippen LogP) is 1.37. The molecule has 1 aromatic carbocycles. The molecular formula is C15H20N2O2. The summed E-state index contributed by atoms with van der Waals surface area (Å²) in [5, 5.41) is 3.45. The fourth-order valence-electron chi connectivity index (χ4n) is 3.09. The monoisotopic (exact) mass is 260 g/mol. The van der Waals surface area contributed by atoms with Gasteiger partial charge in [-0.15, -0.1) is 0 Å². The zero-order chi connectivity index (χ0) is 13.4. The molecule has 0 spiro atoms. The lowest BCUT2D eigenvalue weighted by atomic mass is 9.98. The largest absolute Gasteiger partial charge is 0.492 e. The van der Waals surface area contributed by atoms with E-state index < -0.39 is 0 Å². The molecule has 4 nitrogen and oxygen atoms in total. The van der Waals surface area contributed by atoms with Crippen LogP contribution in [0, 0.1) is 0 Å². The highest BCUT2D eigenvalue weighted by Crippen LogP contribution is 2.34. The van der Waals surface area contributed by atoms with E-state index in [2.05, 4.69) is 19.2 Å². The molecule has 2 aliphatic rings. The Hall–Kier alpha value is -1.55. The molecule has 2 aliphatic heterocycles. The summed E-state index contributed by atoms with van der Waals surface area (Å²) in [5.74, 6) is 0.927. The minimum atomic E-state index is -0.131. The first kappa shape index (κ1) is 12.5. The number of carbonyl (C=O) groups is 1. The number of fused-ring (bicyclic) bond motifs is 1. The van der Waals surface area contributed by atoms with Crippen LogP contribution in [0.5, 0.6) is 5.75 Å². The maximum atomic E-state index is 12.7. The molecule has 1 saturated heterocycles. The molecule has 0 saturated carbocycles. The van der Waals surface area contributed by atoms with Crippen molar-refractivity contribution in [2.45, 2.75) is 31.8 Å². The Labute approximate surface area is 113 Å². The average molecular weight is 260 g/mol. The van der Waals surface area contributed by atoms with Crippen molar-refractivity contribution < 1.29 is 9.53 Å². The molecule has 3 atom stereocenters. The molecule has 4 heteroatoms. The highest BCUT2D eigenvalue weighted by Gasteiger charge is 2.35. The molecule has 0 radical (unpaired) electrons. The van der Waals surface area contributed by atoms with Gasteiger partial charge in [0.15, 0.2) is 0 Å². The minimum Gasteiger partial charge on any atom is -0.492 e. The van der Waals surface area contributed by atoms with Crippen LogP contribution < -0.4 is 10.1 Å². The van der Waals surface area contributed by atoms with Gasteiger partial charge < -0.3 is 15.0 Å². The number of rotatable bonds is 1. The van der Waals surface area contributed by atoms with Crippen LogP contribution in [-0.2, 0) is 4.79 Å². The van der Waals surface area contributed by atoms with Crippen LogP contribution >= 0.6 is 0 Å². The van der Waals surface area contributed by atoms with E-state index >= 15 is 0 Å². The second kappa shape index (κ2) is 4.85. The molecule has 0 aliphatic carbocycles. The minimum absolute atomic E-state index is 0.131. The van der Waals surface area contributed by atoms with Crippen LogP contribution in [0.1, 0.15) is 25.3 Å². The molecule has 0 bridgehead atoms. The number of piperazine rings is 1. The van der Waals surface area contributed by atoms with Crippen molar-refractivity contribution in [2.75, 3.05) is 19.7 Å². The molecule has 3 unspecified atom stereocenters. The summed E-state index contributed by atoms with van der Waals surface area (Å²) >= 11 is 0. The van der Waals surface area contributed by atoms with Gasteiger partial charge in [0, 0.05) is 30.7 Å². The predicted molar refractivity (Wildman–Crippen MR) is 73.3 cm³/mol. The van der Waals surface area contributed by atoms with E-state index in [1.165, 1.54) is 0 Å². The van der Waals surface area contributed by atoms with Crippen molar-refractivity contribution >= 4 is 5.91 Å². The van der Waals surface area contributed by atoms with E-state index in [4.69, 9.17) is 4.74 Å². The second-order valence-electron chi connectivity index (χ2n) is 5.61. The highest BCUT2D eigenvalue weighted by atomic mass is 16.5. The summed E-state index contributed by atoms with van der Waals surface area (Å²) in [7, 11) is 0. The summed E-state index contributed by atoms with van der Waals surface area (Å²) in [6.45, 7) is 6.28. The first-order chi connectivity index (χ1) is 9.15. The highest BCUT2D eigenvalue weighted by molar-refractivity contribution is 5.85. The van der Waals surface area contributed by atoms with E-state index in [0.29, 0.717) is 18.7 Å². The fraction of sp³-hybridized carbons (Fsp3) is 0.533. The summed E-state index contributed by atoms with van der Waals surface area (Å²) < 4.78 is 5.61. The second-order valence-corrected chi connectivity index (χ2v) is 5.61. The number of amides is 1. The SMILES string of the molecule is CC1CN(C(=O)C2COc3ccccc32)CC(C)N1. The number of benzene rings is 1. The topological polar surface area (TPSA) is 41.6 Å². The molecule has 19 heavy (non-hydrogen) atoms. The number of hydrogen-bond acceptors (Lipinski definition) is 3. The quantitative estimate of drug-likeness (QED) is 0.829. The Bertz CT molecular complexity index is 479. The lowest BCUT2D eigenvalue weighted by molar-refractivity contribution is -0.134. The maximum Gasteiger partial charge on any atom is 0.233 e. The summed E-state index contributed by atoms with van der Waals surface area (Å²) in [6.07, 6.45) is 0. The Kier molecular flexibility index (Phi) is 3.19. The fourth-order valence-corrected chi connectivity index (χ4v) is 3.09. The van der Waals surface area contributed by atoms with Crippen LogP contribution in [-0.4, -0.2) is 42.6 Å². The Morgan fingerprint density at radius 3 is 2.68 bits per heavy atom. The van der Waals surface area contributed by atoms with Crippen molar-refractivity contribution in [3.63, 3.8) is 0 Å². The number of para-hydroxylation sites is 1. The van der Waals surface area contributed by atoms with Crippen LogP contribution in [0.25, 0.3) is 0 Å². The van der Waals surface area contributed by atoms with Crippen LogP contribution in [0.4, 0.5) is 0 Å². The van der Waals surface area contributed by atoms with Gasteiger partial charge in [-0.1, -0.05) is 18.2 Å². The zero-order valence-electron chi connectivity index (χ0n) is 11.4. The molecule has 1 N–H and O–H groups in total. The van der Waals surface area contributed by atoms with Gasteiger partial charge in [-0.05, 0) is 19.9 Å². The summed E-state index contributed by atoms with van der Waals surface area (Å²) in [5.41, 5.74) is 1.03. The maximum absolute atomic E-state index is 12.7. The van der Waals surface area contributed by atoms with Crippen LogP contribution in [0.15, 0.2) is 24.3 Å². The third-order valence-electron chi connectivity index (χ3n) is 3.87. The van der Waals surface area contributed by atoms with Gasteiger partial charge in [-0.3, -0.25) is 4.79 Å². The van der Waals surface area contributed by atoms with Gasteiger partial charge in [-0.2, -0.15) is 0 Å². The van der Waals surface area contributed by atoms with Crippen molar-refractivity contribution in [2.24, 2.45) is 0 Å². The van der Waals surface area contributed by atoms with Crippen molar-refractivity contribution in [1.29, 1.82) is 0 Å². The third kappa shape index (κ3) is 2.32.